The van der Waals surface area contributed by atoms with Gasteiger partial charge < -0.3 is 15.7 Å². The molecule has 0 saturated heterocycles. The molecule has 1 atom stereocenters. The summed E-state index contributed by atoms with van der Waals surface area (Å²) in [5.41, 5.74) is 6.44. The van der Waals surface area contributed by atoms with E-state index in [4.69, 9.17) is 10.8 Å². The molecule has 0 spiro atoms. The van der Waals surface area contributed by atoms with Gasteiger partial charge in [-0.3, -0.25) is 9.59 Å². The van der Waals surface area contributed by atoms with Crippen LogP contribution in [0, 0.1) is 11.8 Å². The molecule has 1 aromatic rings. The number of rotatable bonds is 8. The molecule has 3 N–H and O–H groups in total. The Bertz CT molecular complexity index is 460. The summed E-state index contributed by atoms with van der Waals surface area (Å²) < 4.78 is 0. The van der Waals surface area contributed by atoms with Gasteiger partial charge in [0, 0.05) is 18.8 Å². The number of carboxylic acid groups (broad SMARTS) is 1. The Labute approximate surface area is 125 Å². The molecule has 0 aliphatic carbocycles. The number of amides is 1. The van der Waals surface area contributed by atoms with Crippen LogP contribution in [0.15, 0.2) is 30.3 Å². The van der Waals surface area contributed by atoms with E-state index in [0.717, 1.165) is 0 Å². The van der Waals surface area contributed by atoms with Crippen molar-refractivity contribution in [1.29, 1.82) is 0 Å². The lowest BCUT2D eigenvalue weighted by atomic mass is 9.95. The van der Waals surface area contributed by atoms with E-state index in [9.17, 15) is 9.59 Å². The van der Waals surface area contributed by atoms with Crippen LogP contribution in [-0.4, -0.2) is 30.1 Å². The van der Waals surface area contributed by atoms with Gasteiger partial charge >= 0.3 is 5.97 Å². The van der Waals surface area contributed by atoms with Gasteiger partial charge in [0.15, 0.2) is 0 Å². The van der Waals surface area contributed by atoms with Crippen LogP contribution < -0.4 is 10.6 Å². The molecule has 0 aliphatic rings. The second kappa shape index (κ2) is 8.42. The molecular weight excluding hydrogens is 268 g/mol. The van der Waals surface area contributed by atoms with E-state index < -0.39 is 5.97 Å². The smallest absolute Gasteiger partial charge is 0.305 e. The highest BCUT2D eigenvalue weighted by Crippen LogP contribution is 2.20. The van der Waals surface area contributed by atoms with Crippen molar-refractivity contribution >= 4 is 17.6 Å². The van der Waals surface area contributed by atoms with E-state index in [-0.39, 0.29) is 31.3 Å². The molecule has 0 radical (unpaired) electrons. The number of carbonyl (C=O) groups excluding carboxylic acids is 1. The molecule has 0 heterocycles. The van der Waals surface area contributed by atoms with Crippen molar-refractivity contribution in [2.24, 2.45) is 17.6 Å². The van der Waals surface area contributed by atoms with E-state index in [1.807, 2.05) is 44.2 Å². The number of aliphatic carboxylic acids is 1. The molecule has 0 aromatic heterocycles. The second-order valence-electron chi connectivity index (χ2n) is 5.53. The molecule has 116 valence electrons. The quantitative estimate of drug-likeness (QED) is 0.768. The van der Waals surface area contributed by atoms with Crippen molar-refractivity contribution in [1.82, 2.24) is 0 Å². The molecule has 0 aliphatic heterocycles. The van der Waals surface area contributed by atoms with Gasteiger partial charge in [-0.25, -0.2) is 0 Å². The van der Waals surface area contributed by atoms with Crippen molar-refractivity contribution in [2.75, 3.05) is 18.0 Å². The van der Waals surface area contributed by atoms with Crippen LogP contribution in [0.4, 0.5) is 5.69 Å². The molecule has 1 amide bonds. The average Bonchev–Trinajstić information content (AvgIpc) is 2.45. The number of anilines is 1. The van der Waals surface area contributed by atoms with Crippen molar-refractivity contribution < 1.29 is 14.7 Å². The number of carboxylic acids is 1. The number of hydrogen-bond acceptors (Lipinski definition) is 3. The molecule has 5 nitrogen and oxygen atoms in total. The van der Waals surface area contributed by atoms with Gasteiger partial charge in [0.1, 0.15) is 0 Å². The SMILES string of the molecule is CC(C)CC(CN)C(=O)N(CCC(=O)O)c1ccccc1. The zero-order chi connectivity index (χ0) is 15.8. The van der Waals surface area contributed by atoms with Gasteiger partial charge in [0.2, 0.25) is 5.91 Å². The maximum atomic E-state index is 12.7. The Balaban J connectivity index is 2.94. The fourth-order valence-corrected chi connectivity index (χ4v) is 2.27. The average molecular weight is 292 g/mol. The number of nitrogens with zero attached hydrogens (tertiary/aromatic N) is 1. The highest BCUT2D eigenvalue weighted by Gasteiger charge is 2.25. The van der Waals surface area contributed by atoms with Crippen LogP contribution in [0.1, 0.15) is 26.7 Å². The first kappa shape index (κ1) is 17.2. The van der Waals surface area contributed by atoms with Gasteiger partial charge in [0.25, 0.3) is 0 Å². The summed E-state index contributed by atoms with van der Waals surface area (Å²) in [4.78, 5) is 25.0. The predicted octanol–water partition coefficient (Wildman–Crippen LogP) is 2.12. The topological polar surface area (TPSA) is 83.6 Å². The highest BCUT2D eigenvalue weighted by molar-refractivity contribution is 5.95. The summed E-state index contributed by atoms with van der Waals surface area (Å²) in [5, 5.41) is 8.87. The third kappa shape index (κ3) is 5.55. The Morgan fingerprint density at radius 3 is 2.33 bits per heavy atom. The summed E-state index contributed by atoms with van der Waals surface area (Å²) in [6.45, 7) is 4.51. The van der Waals surface area contributed by atoms with Crippen LogP contribution in [0.5, 0.6) is 0 Å². The molecule has 21 heavy (non-hydrogen) atoms. The number of benzene rings is 1. The van der Waals surface area contributed by atoms with E-state index in [1.165, 1.54) is 4.90 Å². The van der Waals surface area contributed by atoms with Crippen LogP contribution in [0.3, 0.4) is 0 Å². The van der Waals surface area contributed by atoms with E-state index in [2.05, 4.69) is 0 Å². The van der Waals surface area contributed by atoms with Gasteiger partial charge in [0.05, 0.1) is 12.3 Å². The molecule has 0 fully saturated rings. The van der Waals surface area contributed by atoms with Crippen molar-refractivity contribution in [3.05, 3.63) is 30.3 Å². The minimum absolute atomic E-state index is 0.0837. The minimum atomic E-state index is -0.920. The standard InChI is InChI=1S/C16H24N2O3/c1-12(2)10-13(11-17)16(21)18(9-8-15(19)20)14-6-4-3-5-7-14/h3-7,12-13H,8-11,17H2,1-2H3,(H,19,20). The molecular formula is C16H24N2O3. The van der Waals surface area contributed by atoms with Crippen molar-refractivity contribution in [2.45, 2.75) is 26.7 Å². The summed E-state index contributed by atoms with van der Waals surface area (Å²) in [5.74, 6) is -0.936. The summed E-state index contributed by atoms with van der Waals surface area (Å²) in [6.07, 6.45) is 0.616. The molecule has 0 saturated carbocycles. The number of para-hydroxylation sites is 1. The normalized spacial score (nSPS) is 12.2. The maximum absolute atomic E-state index is 12.7. The van der Waals surface area contributed by atoms with E-state index in [0.29, 0.717) is 18.0 Å². The highest BCUT2D eigenvalue weighted by atomic mass is 16.4. The number of carbonyl (C=O) groups is 2. The minimum Gasteiger partial charge on any atom is -0.481 e. The van der Waals surface area contributed by atoms with Crippen LogP contribution >= 0.6 is 0 Å². The lowest BCUT2D eigenvalue weighted by molar-refractivity contribution is -0.136. The van der Waals surface area contributed by atoms with Gasteiger partial charge in [-0.05, 0) is 24.5 Å². The summed E-state index contributed by atoms with van der Waals surface area (Å²) >= 11 is 0. The van der Waals surface area contributed by atoms with Crippen molar-refractivity contribution in [3.63, 3.8) is 0 Å². The molecule has 0 bridgehead atoms. The molecule has 1 rings (SSSR count). The summed E-state index contributed by atoms with van der Waals surface area (Å²) in [6, 6.07) is 9.13. The first-order valence-electron chi connectivity index (χ1n) is 7.24. The zero-order valence-electron chi connectivity index (χ0n) is 12.7. The lowest BCUT2D eigenvalue weighted by Gasteiger charge is -2.27. The van der Waals surface area contributed by atoms with E-state index >= 15 is 0 Å². The fourth-order valence-electron chi connectivity index (χ4n) is 2.27. The summed E-state index contributed by atoms with van der Waals surface area (Å²) in [7, 11) is 0. The van der Waals surface area contributed by atoms with E-state index in [1.54, 1.807) is 0 Å². The zero-order valence-corrected chi connectivity index (χ0v) is 12.7. The molecule has 5 heteroatoms. The predicted molar refractivity (Wildman–Crippen MR) is 83.0 cm³/mol. The fraction of sp³-hybridized carbons (Fsp3) is 0.500. The second-order valence-corrected chi connectivity index (χ2v) is 5.53. The van der Waals surface area contributed by atoms with Crippen molar-refractivity contribution in [3.8, 4) is 0 Å². The van der Waals surface area contributed by atoms with Gasteiger partial charge in [-0.15, -0.1) is 0 Å². The lowest BCUT2D eigenvalue weighted by Crippen LogP contribution is -2.41. The number of hydrogen-bond donors (Lipinski definition) is 2. The van der Waals surface area contributed by atoms with Gasteiger partial charge in [-0.1, -0.05) is 32.0 Å². The monoisotopic (exact) mass is 292 g/mol. The Morgan fingerprint density at radius 2 is 1.86 bits per heavy atom. The molecule has 1 unspecified atom stereocenters. The van der Waals surface area contributed by atoms with Gasteiger partial charge in [-0.2, -0.15) is 0 Å². The van der Waals surface area contributed by atoms with Crippen LogP contribution in [0.25, 0.3) is 0 Å². The first-order valence-corrected chi connectivity index (χ1v) is 7.24. The molecule has 1 aromatic carbocycles. The number of nitrogens with two attached hydrogens (primary N) is 1. The third-order valence-corrected chi connectivity index (χ3v) is 3.27. The largest absolute Gasteiger partial charge is 0.481 e. The first-order chi connectivity index (χ1) is 9.95. The third-order valence-electron chi connectivity index (χ3n) is 3.27. The maximum Gasteiger partial charge on any atom is 0.305 e. The Kier molecular flexibility index (Phi) is 6.88. The Morgan fingerprint density at radius 1 is 1.24 bits per heavy atom. The Hall–Kier alpha value is -1.88. The van der Waals surface area contributed by atoms with Crippen LogP contribution in [-0.2, 0) is 9.59 Å². The van der Waals surface area contributed by atoms with Crippen LogP contribution in [0.2, 0.25) is 0 Å².